The van der Waals surface area contributed by atoms with E-state index in [1.807, 2.05) is 24.3 Å². The molecule has 0 saturated carbocycles. The maximum Gasteiger partial charge on any atom is 0.224 e. The average molecular weight is 295 g/mol. The molecule has 5 nitrogen and oxygen atoms in total. The summed E-state index contributed by atoms with van der Waals surface area (Å²) in [6, 6.07) is 0.202. The van der Waals surface area contributed by atoms with Gasteiger partial charge in [0.25, 0.3) is 0 Å². The van der Waals surface area contributed by atoms with E-state index < -0.39 is 0 Å². The van der Waals surface area contributed by atoms with Crippen LogP contribution in [0, 0.1) is 0 Å². The Labute approximate surface area is 120 Å². The number of nitrogens with zero attached hydrogens (tertiary/aromatic N) is 3. The highest BCUT2D eigenvalue weighted by molar-refractivity contribution is 5.85. The number of rotatable bonds is 3. The fourth-order valence-corrected chi connectivity index (χ4v) is 2.29. The summed E-state index contributed by atoms with van der Waals surface area (Å²) in [6.45, 7) is 1.27. The monoisotopic (exact) mass is 294 g/mol. The molecule has 1 amide bonds. The van der Waals surface area contributed by atoms with Crippen molar-refractivity contribution in [2.75, 3.05) is 13.1 Å². The molecule has 0 bridgehead atoms. The van der Waals surface area contributed by atoms with Crippen molar-refractivity contribution in [1.82, 2.24) is 14.7 Å². The maximum absolute atomic E-state index is 11.9. The van der Waals surface area contributed by atoms with Gasteiger partial charge in [0, 0.05) is 38.3 Å². The van der Waals surface area contributed by atoms with Crippen LogP contribution in [0.2, 0.25) is 0 Å². The van der Waals surface area contributed by atoms with Crippen molar-refractivity contribution in [3.8, 4) is 0 Å². The van der Waals surface area contributed by atoms with Gasteiger partial charge in [-0.3, -0.25) is 9.48 Å². The summed E-state index contributed by atoms with van der Waals surface area (Å²) in [5, 5.41) is 4.15. The van der Waals surface area contributed by atoms with Gasteiger partial charge in [0.15, 0.2) is 0 Å². The zero-order valence-electron chi connectivity index (χ0n) is 10.4. The summed E-state index contributed by atoms with van der Waals surface area (Å²) < 4.78 is 1.78. The van der Waals surface area contributed by atoms with Gasteiger partial charge >= 0.3 is 0 Å². The third-order valence-electron chi connectivity index (χ3n) is 3.04. The Morgan fingerprint density at radius 2 is 2.28 bits per heavy atom. The second-order valence-electron chi connectivity index (χ2n) is 4.23. The molecule has 1 aliphatic rings. The molecule has 2 heterocycles. The second kappa shape index (κ2) is 7.61. The molecular weight excluding hydrogens is 275 g/mol. The molecule has 1 aliphatic heterocycles. The molecule has 0 spiro atoms. The summed E-state index contributed by atoms with van der Waals surface area (Å²) >= 11 is 0. The van der Waals surface area contributed by atoms with Crippen molar-refractivity contribution >= 4 is 30.7 Å². The summed E-state index contributed by atoms with van der Waals surface area (Å²) in [5.74, 6) is 0.161. The topological polar surface area (TPSA) is 64.2 Å². The van der Waals surface area contributed by atoms with Gasteiger partial charge in [-0.2, -0.15) is 5.10 Å². The van der Waals surface area contributed by atoms with E-state index in [-0.39, 0.29) is 36.8 Å². The number of halogens is 2. The Hall–Kier alpha value is -0.780. The molecule has 2 rings (SSSR count). The molecule has 1 unspecified atom stereocenters. The molecule has 0 aliphatic carbocycles. The summed E-state index contributed by atoms with van der Waals surface area (Å²) in [5.41, 5.74) is 6.55. The van der Waals surface area contributed by atoms with Crippen molar-refractivity contribution in [1.29, 1.82) is 0 Å². The molecule has 1 aromatic heterocycles. The van der Waals surface area contributed by atoms with Crippen LogP contribution in [0.1, 0.15) is 30.9 Å². The molecule has 1 fully saturated rings. The van der Waals surface area contributed by atoms with Gasteiger partial charge in [-0.25, -0.2) is 0 Å². The highest BCUT2D eigenvalue weighted by atomic mass is 35.5. The lowest BCUT2D eigenvalue weighted by molar-refractivity contribution is -0.131. The SMILES string of the molecule is Cl.Cl.Cn1cc(C2CCCN2C(=O)CCN)cn1. The third kappa shape index (κ3) is 3.60. The minimum Gasteiger partial charge on any atom is -0.335 e. The largest absolute Gasteiger partial charge is 0.335 e. The van der Waals surface area contributed by atoms with Crippen molar-refractivity contribution in [3.63, 3.8) is 0 Å². The molecule has 0 aromatic carbocycles. The molecule has 104 valence electrons. The van der Waals surface area contributed by atoms with E-state index in [0.29, 0.717) is 13.0 Å². The number of carbonyl (C=O) groups excluding carboxylic acids is 1. The lowest BCUT2D eigenvalue weighted by atomic mass is 10.1. The first kappa shape index (κ1) is 17.2. The highest BCUT2D eigenvalue weighted by Gasteiger charge is 2.29. The standard InChI is InChI=1S/C11H18N4O.2ClH/c1-14-8-9(7-13-14)10-3-2-6-15(10)11(16)4-5-12;;/h7-8,10H,2-6,12H2,1H3;2*1H. The number of likely N-dealkylation sites (tertiary alicyclic amines) is 1. The van der Waals surface area contributed by atoms with E-state index in [2.05, 4.69) is 5.10 Å². The van der Waals surface area contributed by atoms with Crippen LogP contribution >= 0.6 is 24.8 Å². The van der Waals surface area contributed by atoms with E-state index in [9.17, 15) is 4.79 Å². The van der Waals surface area contributed by atoms with Crippen molar-refractivity contribution in [2.45, 2.75) is 25.3 Å². The number of aryl methyl sites for hydroxylation is 1. The lowest BCUT2D eigenvalue weighted by Gasteiger charge is -2.23. The van der Waals surface area contributed by atoms with Gasteiger partial charge in [-0.15, -0.1) is 24.8 Å². The molecule has 1 saturated heterocycles. The normalized spacial score (nSPS) is 18.1. The number of hydrogen-bond donors (Lipinski definition) is 1. The number of hydrogen-bond acceptors (Lipinski definition) is 3. The van der Waals surface area contributed by atoms with Crippen LogP contribution in [0.4, 0.5) is 0 Å². The van der Waals surface area contributed by atoms with Crippen LogP contribution < -0.4 is 5.73 Å². The zero-order chi connectivity index (χ0) is 11.5. The Morgan fingerprint density at radius 3 is 2.83 bits per heavy atom. The van der Waals surface area contributed by atoms with Crippen LogP contribution in [0.15, 0.2) is 12.4 Å². The van der Waals surface area contributed by atoms with E-state index in [4.69, 9.17) is 5.73 Å². The van der Waals surface area contributed by atoms with E-state index in [0.717, 1.165) is 24.9 Å². The molecule has 7 heteroatoms. The Bertz CT molecular complexity index is 383. The molecular formula is C11H20Cl2N4O. The van der Waals surface area contributed by atoms with Crippen LogP contribution in [0.5, 0.6) is 0 Å². The van der Waals surface area contributed by atoms with Gasteiger partial charge in [-0.1, -0.05) is 0 Å². The van der Waals surface area contributed by atoms with Crippen molar-refractivity contribution in [2.24, 2.45) is 12.8 Å². The van der Waals surface area contributed by atoms with Gasteiger partial charge in [-0.05, 0) is 12.8 Å². The first-order chi connectivity index (χ1) is 7.72. The first-order valence-corrected chi connectivity index (χ1v) is 5.70. The molecule has 18 heavy (non-hydrogen) atoms. The maximum atomic E-state index is 11.9. The van der Waals surface area contributed by atoms with E-state index >= 15 is 0 Å². The predicted molar refractivity (Wildman–Crippen MR) is 75.1 cm³/mol. The Balaban J connectivity index is 0.00000144. The number of aromatic nitrogens is 2. The van der Waals surface area contributed by atoms with Gasteiger partial charge in [0.2, 0.25) is 5.91 Å². The first-order valence-electron chi connectivity index (χ1n) is 5.70. The van der Waals surface area contributed by atoms with Crippen molar-refractivity contribution < 1.29 is 4.79 Å². The summed E-state index contributed by atoms with van der Waals surface area (Å²) in [4.78, 5) is 13.8. The number of nitrogens with two attached hydrogens (primary N) is 1. The van der Waals surface area contributed by atoms with Crippen LogP contribution in [-0.2, 0) is 11.8 Å². The Morgan fingerprint density at radius 1 is 1.56 bits per heavy atom. The quantitative estimate of drug-likeness (QED) is 0.913. The predicted octanol–water partition coefficient (Wildman–Crippen LogP) is 1.28. The van der Waals surface area contributed by atoms with Gasteiger partial charge < -0.3 is 10.6 Å². The van der Waals surface area contributed by atoms with E-state index in [1.54, 1.807) is 4.68 Å². The van der Waals surface area contributed by atoms with Gasteiger partial charge in [0.1, 0.15) is 0 Å². The van der Waals surface area contributed by atoms with Gasteiger partial charge in [0.05, 0.1) is 12.2 Å². The average Bonchev–Trinajstić information content (AvgIpc) is 2.85. The van der Waals surface area contributed by atoms with Crippen molar-refractivity contribution in [3.05, 3.63) is 18.0 Å². The van der Waals surface area contributed by atoms with E-state index in [1.165, 1.54) is 0 Å². The molecule has 1 aromatic rings. The molecule has 1 atom stereocenters. The smallest absolute Gasteiger partial charge is 0.224 e. The Kier molecular flexibility index (Phi) is 7.28. The molecule has 0 radical (unpaired) electrons. The minimum atomic E-state index is 0. The van der Waals surface area contributed by atoms with Crippen LogP contribution in [0.3, 0.4) is 0 Å². The third-order valence-corrected chi connectivity index (χ3v) is 3.04. The lowest BCUT2D eigenvalue weighted by Crippen LogP contribution is -2.31. The fraction of sp³-hybridized carbons (Fsp3) is 0.636. The number of carbonyl (C=O) groups is 1. The fourth-order valence-electron chi connectivity index (χ4n) is 2.29. The second-order valence-corrected chi connectivity index (χ2v) is 4.23. The van der Waals surface area contributed by atoms with Crippen LogP contribution in [0.25, 0.3) is 0 Å². The zero-order valence-corrected chi connectivity index (χ0v) is 12.0. The number of amides is 1. The highest BCUT2D eigenvalue weighted by Crippen LogP contribution is 2.31. The minimum absolute atomic E-state index is 0. The summed E-state index contributed by atoms with van der Waals surface area (Å²) in [7, 11) is 1.89. The summed E-state index contributed by atoms with van der Waals surface area (Å²) in [6.07, 6.45) is 6.37. The van der Waals surface area contributed by atoms with Crippen LogP contribution in [-0.4, -0.2) is 33.7 Å². The molecule has 2 N–H and O–H groups in total.